The lowest BCUT2D eigenvalue weighted by atomic mass is 9.79. The molecule has 0 amide bonds. The first-order chi connectivity index (χ1) is 18.1. The highest BCUT2D eigenvalue weighted by molar-refractivity contribution is 5.67. The zero-order chi connectivity index (χ0) is 27.1. The first-order valence-electron chi connectivity index (χ1n) is 14.0. The SMILES string of the molecule is Cc1ccc(C)c(C2Cc3c(C)ccc(C)c3CN(c3cc(C)ccc3C)Nc3c(C)ccc(C)c3C2)c1. The van der Waals surface area contributed by atoms with Crippen LogP contribution in [0.2, 0.25) is 0 Å². The summed E-state index contributed by atoms with van der Waals surface area (Å²) < 4.78 is 0. The molecule has 0 radical (unpaired) electrons. The van der Waals surface area contributed by atoms with Crippen LogP contribution in [0, 0.1) is 55.4 Å². The monoisotopic (exact) mass is 502 g/mol. The third kappa shape index (κ3) is 4.97. The van der Waals surface area contributed by atoms with E-state index in [4.69, 9.17) is 0 Å². The van der Waals surface area contributed by atoms with Gasteiger partial charge in [-0.25, -0.2) is 0 Å². The minimum absolute atomic E-state index is 0.405. The van der Waals surface area contributed by atoms with E-state index >= 15 is 0 Å². The Bertz CT molecular complexity index is 1330. The van der Waals surface area contributed by atoms with E-state index in [0.29, 0.717) is 5.92 Å². The smallest absolute Gasteiger partial charge is 0.0649 e. The maximum Gasteiger partial charge on any atom is 0.0649 e. The van der Waals surface area contributed by atoms with Gasteiger partial charge in [0.1, 0.15) is 0 Å². The molecule has 0 bridgehead atoms. The Hall–Kier alpha value is -3.52. The molecule has 0 spiro atoms. The number of nitrogens with zero attached hydrogens (tertiary/aromatic N) is 1. The summed E-state index contributed by atoms with van der Waals surface area (Å²) in [4.78, 5) is 0. The number of hydrogen-bond donors (Lipinski definition) is 1. The van der Waals surface area contributed by atoms with Crippen LogP contribution in [0.1, 0.15) is 72.7 Å². The average molecular weight is 503 g/mol. The number of aryl methyl sites for hydroxylation is 8. The predicted molar refractivity (Wildman–Crippen MR) is 164 cm³/mol. The van der Waals surface area contributed by atoms with Crippen LogP contribution in [0.5, 0.6) is 0 Å². The maximum atomic E-state index is 3.98. The third-order valence-corrected chi connectivity index (χ3v) is 8.65. The Morgan fingerprint density at radius 3 is 1.79 bits per heavy atom. The van der Waals surface area contributed by atoms with Crippen molar-refractivity contribution in [2.75, 3.05) is 10.4 Å². The second kappa shape index (κ2) is 10.3. The number of hydrogen-bond acceptors (Lipinski definition) is 2. The topological polar surface area (TPSA) is 15.3 Å². The summed E-state index contributed by atoms with van der Waals surface area (Å²) >= 11 is 0. The highest BCUT2D eigenvalue weighted by Gasteiger charge is 2.26. The first-order valence-corrected chi connectivity index (χ1v) is 14.0. The van der Waals surface area contributed by atoms with Gasteiger partial charge in [0.25, 0.3) is 0 Å². The molecule has 0 saturated heterocycles. The van der Waals surface area contributed by atoms with Gasteiger partial charge in [-0.2, -0.15) is 0 Å². The van der Waals surface area contributed by atoms with Crippen molar-refractivity contribution in [1.82, 2.24) is 0 Å². The van der Waals surface area contributed by atoms with Gasteiger partial charge in [0.15, 0.2) is 0 Å². The van der Waals surface area contributed by atoms with Crippen molar-refractivity contribution < 1.29 is 0 Å². The second-order valence-electron chi connectivity index (χ2n) is 11.7. The zero-order valence-corrected chi connectivity index (χ0v) is 24.4. The molecule has 5 rings (SSSR count). The lowest BCUT2D eigenvalue weighted by Gasteiger charge is -2.35. The number of nitrogens with one attached hydrogen (secondary N) is 1. The Balaban J connectivity index is 1.76. The molecular weight excluding hydrogens is 460 g/mol. The molecule has 196 valence electrons. The molecule has 4 aromatic carbocycles. The van der Waals surface area contributed by atoms with E-state index in [1.807, 2.05) is 0 Å². The quantitative estimate of drug-likeness (QED) is 0.294. The van der Waals surface area contributed by atoms with Crippen molar-refractivity contribution in [3.05, 3.63) is 127 Å². The van der Waals surface area contributed by atoms with Crippen molar-refractivity contribution >= 4 is 11.4 Å². The highest BCUT2D eigenvalue weighted by atomic mass is 15.5. The van der Waals surface area contributed by atoms with E-state index in [2.05, 4.69) is 126 Å². The highest BCUT2D eigenvalue weighted by Crippen LogP contribution is 2.38. The summed E-state index contributed by atoms with van der Waals surface area (Å²) in [6.07, 6.45) is 2.05. The third-order valence-electron chi connectivity index (χ3n) is 8.65. The van der Waals surface area contributed by atoms with E-state index in [1.54, 1.807) is 0 Å². The van der Waals surface area contributed by atoms with Gasteiger partial charge in [-0.15, -0.1) is 0 Å². The summed E-state index contributed by atoms with van der Waals surface area (Å²) in [7, 11) is 0. The fraction of sp³-hybridized carbons (Fsp3) is 0.333. The molecule has 1 atom stereocenters. The number of hydrazine groups is 1. The molecule has 0 fully saturated rings. The van der Waals surface area contributed by atoms with Gasteiger partial charge in [-0.3, -0.25) is 10.4 Å². The molecule has 38 heavy (non-hydrogen) atoms. The lowest BCUT2D eigenvalue weighted by molar-refractivity contribution is 0.659. The van der Waals surface area contributed by atoms with Gasteiger partial charge in [0, 0.05) is 0 Å². The van der Waals surface area contributed by atoms with E-state index in [0.717, 1.165) is 19.4 Å². The van der Waals surface area contributed by atoms with Crippen LogP contribution in [-0.2, 0) is 19.4 Å². The van der Waals surface area contributed by atoms with Gasteiger partial charge in [-0.1, -0.05) is 60.2 Å². The van der Waals surface area contributed by atoms with Crippen molar-refractivity contribution in [3.8, 4) is 0 Å². The van der Waals surface area contributed by atoms with Crippen LogP contribution >= 0.6 is 0 Å². The zero-order valence-electron chi connectivity index (χ0n) is 24.4. The molecule has 1 heterocycles. The van der Waals surface area contributed by atoms with Crippen LogP contribution in [-0.4, -0.2) is 0 Å². The van der Waals surface area contributed by atoms with Crippen molar-refractivity contribution in [3.63, 3.8) is 0 Å². The molecule has 2 heteroatoms. The van der Waals surface area contributed by atoms with Gasteiger partial charge in [-0.05, 0) is 141 Å². The van der Waals surface area contributed by atoms with E-state index < -0.39 is 0 Å². The summed E-state index contributed by atoms with van der Waals surface area (Å²) in [6.45, 7) is 18.8. The van der Waals surface area contributed by atoms with Crippen molar-refractivity contribution in [2.24, 2.45) is 0 Å². The Morgan fingerprint density at radius 1 is 0.553 bits per heavy atom. The Labute approximate surface area is 229 Å². The second-order valence-corrected chi connectivity index (χ2v) is 11.7. The maximum absolute atomic E-state index is 3.98. The van der Waals surface area contributed by atoms with Crippen LogP contribution in [0.15, 0.2) is 60.7 Å². The molecule has 4 aromatic rings. The Kier molecular flexibility index (Phi) is 7.09. The average Bonchev–Trinajstić information content (AvgIpc) is 2.88. The number of benzene rings is 4. The lowest BCUT2D eigenvalue weighted by Crippen LogP contribution is -2.33. The predicted octanol–water partition coefficient (Wildman–Crippen LogP) is 9.07. The molecule has 0 aliphatic carbocycles. The van der Waals surface area contributed by atoms with Gasteiger partial charge >= 0.3 is 0 Å². The van der Waals surface area contributed by atoms with Gasteiger partial charge in [0.2, 0.25) is 0 Å². The molecule has 1 aliphatic heterocycles. The van der Waals surface area contributed by atoms with Crippen LogP contribution in [0.4, 0.5) is 11.4 Å². The number of rotatable bonds is 2. The summed E-state index contributed by atoms with van der Waals surface area (Å²) in [5.41, 5.74) is 23.0. The standard InChI is InChI=1S/C36H42N2/c1-22-9-11-24(3)31(17-22)30-19-32-25(4)13-14-27(6)34(32)21-38(35-18-23(2)10-12-28(35)7)37-36-29(8)16-15-26(5)33(36)20-30/h9-18,30,37H,19-21H2,1-8H3. The van der Waals surface area contributed by atoms with Crippen LogP contribution in [0.25, 0.3) is 0 Å². The molecule has 1 unspecified atom stereocenters. The largest absolute Gasteiger partial charge is 0.298 e. The van der Waals surface area contributed by atoms with E-state index in [1.165, 1.54) is 78.1 Å². The first kappa shape index (κ1) is 26.1. The van der Waals surface area contributed by atoms with Crippen molar-refractivity contribution in [1.29, 1.82) is 0 Å². The summed E-state index contributed by atoms with van der Waals surface area (Å²) in [5, 5.41) is 2.40. The molecular formula is C36H42N2. The number of anilines is 2. The van der Waals surface area contributed by atoms with E-state index in [-0.39, 0.29) is 0 Å². The Morgan fingerprint density at radius 2 is 1.08 bits per heavy atom. The van der Waals surface area contributed by atoms with Crippen molar-refractivity contribution in [2.45, 2.75) is 80.7 Å². The number of fused-ring (bicyclic) bond motifs is 2. The molecule has 1 N–H and O–H groups in total. The van der Waals surface area contributed by atoms with Crippen LogP contribution in [0.3, 0.4) is 0 Å². The van der Waals surface area contributed by atoms with Gasteiger partial charge < -0.3 is 0 Å². The summed E-state index contributed by atoms with van der Waals surface area (Å²) in [5.74, 6) is 0.405. The minimum atomic E-state index is 0.405. The fourth-order valence-corrected chi connectivity index (χ4v) is 6.19. The fourth-order valence-electron chi connectivity index (χ4n) is 6.19. The normalized spacial score (nSPS) is 15.5. The molecule has 2 nitrogen and oxygen atoms in total. The van der Waals surface area contributed by atoms with Crippen LogP contribution < -0.4 is 10.4 Å². The minimum Gasteiger partial charge on any atom is -0.298 e. The van der Waals surface area contributed by atoms with E-state index in [9.17, 15) is 0 Å². The molecule has 1 aliphatic rings. The van der Waals surface area contributed by atoms with Gasteiger partial charge in [0.05, 0.1) is 17.9 Å². The molecule has 0 aromatic heterocycles. The molecule has 0 saturated carbocycles. The summed E-state index contributed by atoms with van der Waals surface area (Å²) in [6, 6.07) is 22.9.